The van der Waals surface area contributed by atoms with Crippen LogP contribution in [0.2, 0.25) is 5.02 Å². The number of amides is 2. The lowest BCUT2D eigenvalue weighted by Gasteiger charge is -2.36. The molecule has 2 amide bonds. The molecule has 9 nitrogen and oxygen atoms in total. The number of nitrogens with zero attached hydrogens (tertiary/aromatic N) is 6. The van der Waals surface area contributed by atoms with Crippen molar-refractivity contribution in [2.75, 3.05) is 26.2 Å². The summed E-state index contributed by atoms with van der Waals surface area (Å²) in [5, 5.41) is 11.9. The number of benzene rings is 1. The van der Waals surface area contributed by atoms with Crippen LogP contribution in [-0.2, 0) is 16.1 Å². The standard InChI is InChI=1S/C20H27ClN6O3/c1-20(2,3)30-19(29)26-10-8-25(9-11-26)18(28)12-16(13-27-14-22-23-24-27)15-4-6-17(21)7-5-15/h4-7,14,16H,8-13H2,1-3H3. The topological polar surface area (TPSA) is 93.5 Å². The quantitative estimate of drug-likeness (QED) is 0.718. The van der Waals surface area contributed by atoms with E-state index in [2.05, 4.69) is 15.5 Å². The second-order valence-electron chi connectivity index (χ2n) is 8.33. The molecule has 0 aliphatic carbocycles. The molecule has 1 aromatic heterocycles. The van der Waals surface area contributed by atoms with Crippen LogP contribution < -0.4 is 0 Å². The number of rotatable bonds is 5. The maximum atomic E-state index is 13.0. The van der Waals surface area contributed by atoms with Gasteiger partial charge in [0.1, 0.15) is 11.9 Å². The van der Waals surface area contributed by atoms with Crippen LogP contribution in [0.25, 0.3) is 0 Å². The van der Waals surface area contributed by atoms with Crippen molar-refractivity contribution < 1.29 is 14.3 Å². The lowest BCUT2D eigenvalue weighted by Crippen LogP contribution is -2.51. The highest BCUT2D eigenvalue weighted by Crippen LogP contribution is 2.25. The average Bonchev–Trinajstić information content (AvgIpc) is 3.20. The zero-order valence-corrected chi connectivity index (χ0v) is 18.2. The van der Waals surface area contributed by atoms with E-state index in [-0.39, 0.29) is 17.9 Å². The summed E-state index contributed by atoms with van der Waals surface area (Å²) in [6, 6.07) is 7.47. The van der Waals surface area contributed by atoms with Crippen molar-refractivity contribution in [1.82, 2.24) is 30.0 Å². The van der Waals surface area contributed by atoms with Crippen molar-refractivity contribution in [2.24, 2.45) is 0 Å². The summed E-state index contributed by atoms with van der Waals surface area (Å²) >= 11 is 6.01. The fraction of sp³-hybridized carbons (Fsp3) is 0.550. The molecular weight excluding hydrogens is 408 g/mol. The second-order valence-corrected chi connectivity index (χ2v) is 8.77. The Morgan fingerprint density at radius 3 is 2.30 bits per heavy atom. The summed E-state index contributed by atoms with van der Waals surface area (Å²) in [7, 11) is 0. The Hall–Kier alpha value is -2.68. The summed E-state index contributed by atoms with van der Waals surface area (Å²) < 4.78 is 7.03. The van der Waals surface area contributed by atoms with Crippen LogP contribution in [-0.4, -0.2) is 73.8 Å². The summed E-state index contributed by atoms with van der Waals surface area (Å²) in [5.41, 5.74) is 0.460. The highest BCUT2D eigenvalue weighted by atomic mass is 35.5. The van der Waals surface area contributed by atoms with Crippen LogP contribution in [0.3, 0.4) is 0 Å². The number of carbonyl (C=O) groups excluding carboxylic acids is 2. The third-order valence-electron chi connectivity index (χ3n) is 4.85. The van der Waals surface area contributed by atoms with Gasteiger partial charge in [-0.3, -0.25) is 4.79 Å². The van der Waals surface area contributed by atoms with Gasteiger partial charge in [-0.2, -0.15) is 0 Å². The number of hydrogen-bond donors (Lipinski definition) is 0. The van der Waals surface area contributed by atoms with Crippen LogP contribution in [0.1, 0.15) is 38.7 Å². The van der Waals surface area contributed by atoms with Gasteiger partial charge in [0.15, 0.2) is 0 Å². The van der Waals surface area contributed by atoms with Crippen LogP contribution in [0.15, 0.2) is 30.6 Å². The smallest absolute Gasteiger partial charge is 0.410 e. The predicted octanol–water partition coefficient (Wildman–Crippen LogP) is 2.58. The first-order chi connectivity index (χ1) is 14.2. The normalized spacial score (nSPS) is 15.7. The maximum Gasteiger partial charge on any atom is 0.410 e. The average molecular weight is 435 g/mol. The van der Waals surface area contributed by atoms with E-state index in [0.29, 0.717) is 44.2 Å². The molecule has 3 rings (SSSR count). The molecule has 0 radical (unpaired) electrons. The summed E-state index contributed by atoms with van der Waals surface area (Å²) in [6.07, 6.45) is 1.51. The Labute approximate surface area is 180 Å². The van der Waals surface area contributed by atoms with Gasteiger partial charge in [-0.1, -0.05) is 23.7 Å². The van der Waals surface area contributed by atoms with Crippen molar-refractivity contribution in [3.05, 3.63) is 41.2 Å². The van der Waals surface area contributed by atoms with Crippen molar-refractivity contribution >= 4 is 23.6 Å². The fourth-order valence-corrected chi connectivity index (χ4v) is 3.44. The van der Waals surface area contributed by atoms with E-state index in [1.807, 2.05) is 45.0 Å². The van der Waals surface area contributed by atoms with E-state index in [4.69, 9.17) is 16.3 Å². The molecule has 10 heteroatoms. The zero-order valence-electron chi connectivity index (χ0n) is 17.5. The minimum atomic E-state index is -0.536. The molecule has 0 spiro atoms. The van der Waals surface area contributed by atoms with Gasteiger partial charge in [0, 0.05) is 43.5 Å². The molecule has 0 bridgehead atoms. The van der Waals surface area contributed by atoms with E-state index in [1.165, 1.54) is 6.33 Å². The molecule has 1 saturated heterocycles. The third-order valence-corrected chi connectivity index (χ3v) is 5.10. The Kier molecular flexibility index (Phi) is 6.91. The fourth-order valence-electron chi connectivity index (χ4n) is 3.32. The summed E-state index contributed by atoms with van der Waals surface area (Å²) in [6.45, 7) is 7.88. The van der Waals surface area contributed by atoms with Gasteiger partial charge in [0.25, 0.3) is 0 Å². The lowest BCUT2D eigenvalue weighted by molar-refractivity contribution is -0.133. The number of aromatic nitrogens is 4. The first-order valence-electron chi connectivity index (χ1n) is 9.93. The minimum Gasteiger partial charge on any atom is -0.444 e. The largest absolute Gasteiger partial charge is 0.444 e. The highest BCUT2D eigenvalue weighted by molar-refractivity contribution is 6.30. The van der Waals surface area contributed by atoms with Gasteiger partial charge in [-0.25, -0.2) is 9.48 Å². The van der Waals surface area contributed by atoms with E-state index in [0.717, 1.165) is 5.56 Å². The third kappa shape index (κ3) is 6.16. The molecule has 2 heterocycles. The number of carbonyl (C=O) groups is 2. The molecule has 1 aromatic carbocycles. The molecule has 0 saturated carbocycles. The van der Waals surface area contributed by atoms with Gasteiger partial charge in [-0.15, -0.1) is 5.10 Å². The molecular formula is C20H27ClN6O3. The predicted molar refractivity (Wildman–Crippen MR) is 111 cm³/mol. The highest BCUT2D eigenvalue weighted by Gasteiger charge is 2.29. The number of tetrazole rings is 1. The van der Waals surface area contributed by atoms with Crippen molar-refractivity contribution in [3.63, 3.8) is 0 Å². The van der Waals surface area contributed by atoms with Gasteiger partial charge in [0.2, 0.25) is 5.91 Å². The Morgan fingerprint density at radius 1 is 1.10 bits per heavy atom. The monoisotopic (exact) mass is 434 g/mol. The molecule has 1 aliphatic heterocycles. The molecule has 162 valence electrons. The number of halogens is 1. The summed E-state index contributed by atoms with van der Waals surface area (Å²) in [4.78, 5) is 28.7. The molecule has 1 unspecified atom stereocenters. The maximum absolute atomic E-state index is 13.0. The van der Waals surface area contributed by atoms with Crippen molar-refractivity contribution in [2.45, 2.75) is 45.3 Å². The SMILES string of the molecule is CC(C)(C)OC(=O)N1CCN(C(=O)CC(Cn2cnnn2)c2ccc(Cl)cc2)CC1. The zero-order chi connectivity index (χ0) is 21.7. The molecule has 1 atom stereocenters. The first kappa shape index (κ1) is 22.0. The van der Waals surface area contributed by atoms with E-state index >= 15 is 0 Å². The van der Waals surface area contributed by atoms with E-state index in [1.54, 1.807) is 14.5 Å². The molecule has 0 N–H and O–H groups in total. The number of piperazine rings is 1. The minimum absolute atomic E-state index is 0.0341. The molecule has 30 heavy (non-hydrogen) atoms. The van der Waals surface area contributed by atoms with Crippen LogP contribution in [0.5, 0.6) is 0 Å². The Morgan fingerprint density at radius 2 is 1.73 bits per heavy atom. The van der Waals surface area contributed by atoms with Crippen molar-refractivity contribution in [3.8, 4) is 0 Å². The van der Waals surface area contributed by atoms with Crippen LogP contribution >= 0.6 is 11.6 Å². The van der Waals surface area contributed by atoms with Gasteiger partial charge in [-0.05, 0) is 48.9 Å². The lowest BCUT2D eigenvalue weighted by atomic mass is 9.95. The van der Waals surface area contributed by atoms with Gasteiger partial charge < -0.3 is 14.5 Å². The summed E-state index contributed by atoms with van der Waals surface area (Å²) in [5.74, 6) is -0.0611. The number of hydrogen-bond acceptors (Lipinski definition) is 6. The Bertz CT molecular complexity index is 842. The van der Waals surface area contributed by atoms with Crippen LogP contribution in [0.4, 0.5) is 4.79 Å². The number of ether oxygens (including phenoxy) is 1. The van der Waals surface area contributed by atoms with Gasteiger partial charge in [0.05, 0.1) is 6.54 Å². The second kappa shape index (κ2) is 9.42. The Balaban J connectivity index is 1.60. The van der Waals surface area contributed by atoms with Gasteiger partial charge >= 0.3 is 6.09 Å². The van der Waals surface area contributed by atoms with E-state index in [9.17, 15) is 9.59 Å². The molecule has 1 aliphatic rings. The van der Waals surface area contributed by atoms with E-state index < -0.39 is 5.60 Å². The molecule has 1 fully saturated rings. The van der Waals surface area contributed by atoms with Crippen LogP contribution in [0, 0.1) is 0 Å². The van der Waals surface area contributed by atoms with Crippen molar-refractivity contribution in [1.29, 1.82) is 0 Å². The molecule has 2 aromatic rings. The first-order valence-corrected chi connectivity index (χ1v) is 10.3.